The molecule has 0 saturated carbocycles. The highest BCUT2D eigenvalue weighted by Crippen LogP contribution is 2.28. The van der Waals surface area contributed by atoms with E-state index in [-0.39, 0.29) is 10.7 Å². The molecule has 0 aliphatic carbocycles. The van der Waals surface area contributed by atoms with Crippen LogP contribution in [0.2, 0.25) is 10.0 Å². The van der Waals surface area contributed by atoms with Gasteiger partial charge in [0.1, 0.15) is 10.8 Å². The molecule has 0 amide bonds. The molecule has 0 unspecified atom stereocenters. The van der Waals surface area contributed by atoms with E-state index in [1.165, 1.54) is 7.11 Å². The normalized spacial score (nSPS) is 10.4. The van der Waals surface area contributed by atoms with Gasteiger partial charge in [-0.25, -0.2) is 14.8 Å². The highest BCUT2D eigenvalue weighted by Gasteiger charge is 2.20. The van der Waals surface area contributed by atoms with Gasteiger partial charge < -0.3 is 10.1 Å². The first kappa shape index (κ1) is 18.2. The van der Waals surface area contributed by atoms with Crippen molar-refractivity contribution in [2.45, 2.75) is 6.54 Å². The summed E-state index contributed by atoms with van der Waals surface area (Å²) in [5.41, 5.74) is 1.76. The van der Waals surface area contributed by atoms with E-state index in [4.69, 9.17) is 27.9 Å². The van der Waals surface area contributed by atoms with Crippen LogP contribution < -0.4 is 5.32 Å². The van der Waals surface area contributed by atoms with Crippen molar-refractivity contribution in [1.29, 1.82) is 0 Å². The van der Waals surface area contributed by atoms with Crippen LogP contribution in [0.25, 0.3) is 11.4 Å². The number of benzene rings is 2. The van der Waals surface area contributed by atoms with Crippen LogP contribution in [0, 0.1) is 0 Å². The smallest absolute Gasteiger partial charge is 0.358 e. The first-order valence-electron chi connectivity index (χ1n) is 7.78. The average Bonchev–Trinajstić information content (AvgIpc) is 2.68. The summed E-state index contributed by atoms with van der Waals surface area (Å²) in [7, 11) is 1.28. The number of ether oxygens (including phenoxy) is 1. The van der Waals surface area contributed by atoms with Crippen molar-refractivity contribution in [3.63, 3.8) is 0 Å². The minimum absolute atomic E-state index is 0.00433. The van der Waals surface area contributed by atoms with E-state index in [0.717, 1.165) is 5.56 Å². The van der Waals surface area contributed by atoms with Crippen molar-refractivity contribution >= 4 is 35.0 Å². The number of halogens is 2. The van der Waals surface area contributed by atoms with Crippen LogP contribution in [0.3, 0.4) is 0 Å². The van der Waals surface area contributed by atoms with E-state index < -0.39 is 5.97 Å². The number of rotatable bonds is 5. The number of hydrogen-bond donors (Lipinski definition) is 1. The molecule has 0 fully saturated rings. The molecule has 3 rings (SSSR count). The van der Waals surface area contributed by atoms with Crippen LogP contribution in [-0.2, 0) is 11.3 Å². The Morgan fingerprint density at radius 3 is 2.38 bits per heavy atom. The largest absolute Gasteiger partial charge is 0.464 e. The zero-order valence-electron chi connectivity index (χ0n) is 13.9. The summed E-state index contributed by atoms with van der Waals surface area (Å²) < 4.78 is 4.78. The number of carbonyl (C=O) groups is 1. The molecule has 1 heterocycles. The summed E-state index contributed by atoms with van der Waals surface area (Å²) in [5, 5.41) is 3.87. The maximum absolute atomic E-state index is 12.1. The minimum atomic E-state index is -0.629. The van der Waals surface area contributed by atoms with Crippen molar-refractivity contribution in [2.75, 3.05) is 12.4 Å². The lowest BCUT2D eigenvalue weighted by atomic mass is 10.2. The molecule has 5 nitrogen and oxygen atoms in total. The highest BCUT2D eigenvalue weighted by molar-refractivity contribution is 6.35. The van der Waals surface area contributed by atoms with E-state index >= 15 is 0 Å². The molecular weight excluding hydrogens is 373 g/mol. The van der Waals surface area contributed by atoms with Gasteiger partial charge >= 0.3 is 5.97 Å². The number of methoxy groups -OCH3 is 1. The molecule has 0 radical (unpaired) electrons. The van der Waals surface area contributed by atoms with Crippen molar-refractivity contribution in [2.24, 2.45) is 0 Å². The van der Waals surface area contributed by atoms with Gasteiger partial charge in [0.2, 0.25) is 0 Å². The molecule has 3 aromatic rings. The van der Waals surface area contributed by atoms with Gasteiger partial charge in [-0.3, -0.25) is 0 Å². The monoisotopic (exact) mass is 387 g/mol. The molecule has 7 heteroatoms. The molecule has 26 heavy (non-hydrogen) atoms. The van der Waals surface area contributed by atoms with Gasteiger partial charge in [0.25, 0.3) is 0 Å². The number of anilines is 1. The fourth-order valence-corrected chi connectivity index (χ4v) is 2.66. The van der Waals surface area contributed by atoms with Crippen LogP contribution in [0.1, 0.15) is 16.1 Å². The number of nitrogens with one attached hydrogen (secondary N) is 1. The fraction of sp³-hybridized carbons (Fsp3) is 0.105. The van der Waals surface area contributed by atoms with Gasteiger partial charge in [-0.05, 0) is 29.8 Å². The minimum Gasteiger partial charge on any atom is -0.464 e. The van der Waals surface area contributed by atoms with Crippen LogP contribution in [0.5, 0.6) is 0 Å². The van der Waals surface area contributed by atoms with Crippen LogP contribution >= 0.6 is 23.2 Å². The highest BCUT2D eigenvalue weighted by atomic mass is 35.5. The topological polar surface area (TPSA) is 64.1 Å². The Balaban J connectivity index is 2.00. The Morgan fingerprint density at radius 2 is 1.73 bits per heavy atom. The summed E-state index contributed by atoms with van der Waals surface area (Å²) in [5.74, 6) is 0.0771. The molecule has 0 saturated heterocycles. The first-order valence-corrected chi connectivity index (χ1v) is 8.53. The lowest BCUT2D eigenvalue weighted by molar-refractivity contribution is 0.0594. The van der Waals surface area contributed by atoms with Crippen molar-refractivity contribution in [3.8, 4) is 11.4 Å². The lowest BCUT2D eigenvalue weighted by Crippen LogP contribution is -2.11. The van der Waals surface area contributed by atoms with Crippen LogP contribution in [0.15, 0.2) is 54.6 Å². The molecule has 132 valence electrons. The second kappa shape index (κ2) is 8.17. The van der Waals surface area contributed by atoms with Crippen molar-refractivity contribution in [1.82, 2.24) is 9.97 Å². The zero-order chi connectivity index (χ0) is 18.5. The summed E-state index contributed by atoms with van der Waals surface area (Å²) in [6, 6.07) is 16.8. The lowest BCUT2D eigenvalue weighted by Gasteiger charge is -2.12. The second-order valence-corrected chi connectivity index (χ2v) is 6.21. The molecule has 1 aromatic heterocycles. The Kier molecular flexibility index (Phi) is 5.71. The Morgan fingerprint density at radius 1 is 1.04 bits per heavy atom. The van der Waals surface area contributed by atoms with Crippen LogP contribution in [-0.4, -0.2) is 23.0 Å². The van der Waals surface area contributed by atoms with Gasteiger partial charge in [-0.15, -0.1) is 0 Å². The number of carbonyl (C=O) groups excluding carboxylic acids is 1. The van der Waals surface area contributed by atoms with E-state index in [9.17, 15) is 4.79 Å². The first-order chi connectivity index (χ1) is 12.6. The number of nitrogens with zero attached hydrogens (tertiary/aromatic N) is 2. The molecule has 2 aromatic carbocycles. The van der Waals surface area contributed by atoms with E-state index in [1.54, 1.807) is 24.3 Å². The third-order valence-electron chi connectivity index (χ3n) is 3.64. The fourth-order valence-electron chi connectivity index (χ4n) is 2.31. The van der Waals surface area contributed by atoms with E-state index in [2.05, 4.69) is 15.3 Å². The predicted molar refractivity (Wildman–Crippen MR) is 103 cm³/mol. The number of hydrogen-bond acceptors (Lipinski definition) is 5. The van der Waals surface area contributed by atoms with Crippen molar-refractivity contribution < 1.29 is 9.53 Å². The Labute approximate surface area is 161 Å². The summed E-state index contributed by atoms with van der Waals surface area (Å²) in [6.45, 7) is 0.498. The van der Waals surface area contributed by atoms with Crippen LogP contribution in [0.4, 0.5) is 5.82 Å². The van der Waals surface area contributed by atoms with Gasteiger partial charge in [-0.1, -0.05) is 53.5 Å². The van der Waals surface area contributed by atoms with Gasteiger partial charge in [0.15, 0.2) is 11.5 Å². The molecule has 1 N–H and O–H groups in total. The van der Waals surface area contributed by atoms with E-state index in [0.29, 0.717) is 28.8 Å². The molecule has 0 bridgehead atoms. The molecule has 0 atom stereocenters. The van der Waals surface area contributed by atoms with E-state index in [1.807, 2.05) is 30.3 Å². The number of aromatic nitrogens is 2. The van der Waals surface area contributed by atoms with Crippen molar-refractivity contribution in [3.05, 3.63) is 75.9 Å². The second-order valence-electron chi connectivity index (χ2n) is 5.40. The summed E-state index contributed by atoms with van der Waals surface area (Å²) in [4.78, 5) is 20.8. The van der Waals surface area contributed by atoms with Gasteiger partial charge in [0.05, 0.1) is 7.11 Å². The average molecular weight is 388 g/mol. The summed E-state index contributed by atoms with van der Waals surface area (Å²) >= 11 is 12.3. The number of esters is 1. The molecule has 0 spiro atoms. The zero-order valence-corrected chi connectivity index (χ0v) is 15.4. The third kappa shape index (κ3) is 4.12. The van der Waals surface area contributed by atoms with Gasteiger partial charge in [0, 0.05) is 17.1 Å². The Hall–Kier alpha value is -2.63. The maximum atomic E-state index is 12.1. The Bertz CT molecular complexity index is 916. The SMILES string of the molecule is COC(=O)c1nc(-c2ccc(Cl)cc2)nc(NCc2ccccc2)c1Cl. The molecule has 0 aliphatic rings. The standard InChI is InChI=1S/C19H15Cl2N3O2/c1-26-19(25)16-15(21)18(22-11-12-5-3-2-4-6-12)24-17(23-16)13-7-9-14(20)10-8-13/h2-10H,11H2,1H3,(H,22,23,24). The quantitative estimate of drug-likeness (QED) is 0.633. The predicted octanol–water partition coefficient (Wildman–Crippen LogP) is 4.85. The molecular formula is C19H15Cl2N3O2. The van der Waals surface area contributed by atoms with Gasteiger partial charge in [-0.2, -0.15) is 0 Å². The maximum Gasteiger partial charge on any atom is 0.358 e. The molecule has 0 aliphatic heterocycles. The summed E-state index contributed by atoms with van der Waals surface area (Å²) in [6.07, 6.45) is 0. The third-order valence-corrected chi connectivity index (χ3v) is 4.25.